The molecular weight excluding hydrogens is 444 g/mol. The Hall–Kier alpha value is -2.86. The third-order valence-electron chi connectivity index (χ3n) is 4.60. The monoisotopic (exact) mass is 464 g/mol. The van der Waals surface area contributed by atoms with Gasteiger partial charge in [-0.25, -0.2) is 0 Å². The van der Waals surface area contributed by atoms with Crippen molar-refractivity contribution in [2.45, 2.75) is 36.0 Å². The normalized spacial score (nSPS) is 13.2. The van der Waals surface area contributed by atoms with Crippen LogP contribution in [-0.2, 0) is 25.7 Å². The minimum Gasteiger partial charge on any atom is -0.504 e. The Morgan fingerprint density at radius 1 is 0.806 bits per heavy atom. The van der Waals surface area contributed by atoms with E-state index in [1.165, 1.54) is 6.07 Å². The number of nitrogens with zero attached hydrogens (tertiary/aromatic N) is 2. The number of phenols is 1. The van der Waals surface area contributed by atoms with Crippen molar-refractivity contribution >= 4 is 42.4 Å². The summed E-state index contributed by atoms with van der Waals surface area (Å²) in [6.07, 6.45) is 0. The van der Waals surface area contributed by atoms with Crippen molar-refractivity contribution in [2.75, 3.05) is 0 Å². The Morgan fingerprint density at radius 2 is 1.42 bits per heavy atom. The Balaban J connectivity index is 2.20. The molecule has 3 aromatic rings. The lowest BCUT2D eigenvalue weighted by Crippen LogP contribution is -2.10. The molecule has 0 aromatic heterocycles. The largest absolute Gasteiger partial charge is 0.504 e. The molecule has 0 aliphatic heterocycles. The van der Waals surface area contributed by atoms with E-state index >= 15 is 0 Å². The average molecular weight is 465 g/mol. The molecule has 0 amide bonds. The van der Waals surface area contributed by atoms with Crippen LogP contribution < -0.4 is 0 Å². The first-order valence-corrected chi connectivity index (χ1v) is 11.8. The molecule has 3 rings (SSSR count). The van der Waals surface area contributed by atoms with Gasteiger partial charge in [0.1, 0.15) is 10.6 Å². The van der Waals surface area contributed by atoms with Gasteiger partial charge in [0.25, 0.3) is 20.2 Å². The number of phenolic OH excluding ortho intramolecular Hbond substituents is 1. The molecule has 11 heteroatoms. The molecule has 0 heterocycles. The molecular formula is C20H20N2O7S2. The summed E-state index contributed by atoms with van der Waals surface area (Å²) in [5.41, 5.74) is 1.13. The molecule has 0 aliphatic rings. The average Bonchev–Trinajstić information content (AvgIpc) is 2.64. The zero-order valence-electron chi connectivity index (χ0n) is 16.8. The van der Waals surface area contributed by atoms with E-state index in [-0.39, 0.29) is 21.9 Å². The van der Waals surface area contributed by atoms with Crippen LogP contribution in [0.3, 0.4) is 0 Å². The third kappa shape index (κ3) is 4.90. The van der Waals surface area contributed by atoms with Crippen LogP contribution in [0, 0.1) is 0 Å². The maximum atomic E-state index is 11.7. The second kappa shape index (κ2) is 7.68. The molecule has 3 N–H and O–H groups in total. The van der Waals surface area contributed by atoms with Crippen molar-refractivity contribution in [3.63, 3.8) is 0 Å². The minimum atomic E-state index is -4.86. The first-order chi connectivity index (χ1) is 14.2. The van der Waals surface area contributed by atoms with Crippen molar-refractivity contribution < 1.29 is 31.0 Å². The molecule has 0 spiro atoms. The van der Waals surface area contributed by atoms with Crippen LogP contribution in [0.5, 0.6) is 5.75 Å². The van der Waals surface area contributed by atoms with Gasteiger partial charge in [-0.15, -0.1) is 5.11 Å². The van der Waals surface area contributed by atoms with Gasteiger partial charge in [-0.2, -0.15) is 21.9 Å². The zero-order valence-corrected chi connectivity index (χ0v) is 18.4. The molecule has 0 unspecified atom stereocenters. The summed E-state index contributed by atoms with van der Waals surface area (Å²) in [4.78, 5) is -1.36. The predicted octanol–water partition coefficient (Wildman–Crippen LogP) is 4.75. The fourth-order valence-corrected chi connectivity index (χ4v) is 4.06. The number of azo groups is 1. The summed E-state index contributed by atoms with van der Waals surface area (Å²) in [6.45, 7) is 6.15. The molecule has 164 valence electrons. The first-order valence-electron chi connectivity index (χ1n) is 8.95. The van der Waals surface area contributed by atoms with Gasteiger partial charge in [0.05, 0.1) is 10.6 Å². The van der Waals surface area contributed by atoms with Crippen molar-refractivity contribution in [1.82, 2.24) is 0 Å². The quantitative estimate of drug-likeness (QED) is 0.372. The van der Waals surface area contributed by atoms with E-state index in [1.54, 1.807) is 12.1 Å². The Kier molecular flexibility index (Phi) is 5.65. The predicted molar refractivity (Wildman–Crippen MR) is 115 cm³/mol. The Morgan fingerprint density at radius 3 is 1.94 bits per heavy atom. The van der Waals surface area contributed by atoms with Gasteiger partial charge in [0, 0.05) is 5.39 Å². The van der Waals surface area contributed by atoms with Gasteiger partial charge in [-0.1, -0.05) is 39.0 Å². The lowest BCUT2D eigenvalue weighted by atomic mass is 9.87. The van der Waals surface area contributed by atoms with Gasteiger partial charge in [0.2, 0.25) is 0 Å². The second-order valence-electron chi connectivity index (χ2n) is 7.90. The summed E-state index contributed by atoms with van der Waals surface area (Å²) in [5, 5.41) is 18.6. The van der Waals surface area contributed by atoms with E-state index in [2.05, 4.69) is 31.0 Å². The molecule has 3 aromatic carbocycles. The fourth-order valence-electron chi connectivity index (χ4n) is 2.92. The molecule has 9 nitrogen and oxygen atoms in total. The van der Waals surface area contributed by atoms with Crippen molar-refractivity contribution in [3.8, 4) is 5.75 Å². The summed E-state index contributed by atoms with van der Waals surface area (Å²) >= 11 is 0. The van der Waals surface area contributed by atoms with Crippen LogP contribution >= 0.6 is 0 Å². The number of benzene rings is 3. The summed E-state index contributed by atoms with van der Waals surface area (Å²) in [6, 6.07) is 11.3. The Bertz CT molecular complexity index is 1400. The second-order valence-corrected chi connectivity index (χ2v) is 10.7. The summed E-state index contributed by atoms with van der Waals surface area (Å²) in [5.74, 6) is -0.843. The number of fused-ring (bicyclic) bond motifs is 1. The number of hydrogen-bond acceptors (Lipinski definition) is 7. The molecule has 0 radical (unpaired) electrons. The van der Waals surface area contributed by atoms with Crippen LogP contribution in [0.1, 0.15) is 26.3 Å². The molecule has 0 atom stereocenters. The zero-order chi connectivity index (χ0) is 23.2. The Labute approximate surface area is 179 Å². The van der Waals surface area contributed by atoms with Gasteiger partial charge in [-0.3, -0.25) is 9.11 Å². The maximum absolute atomic E-state index is 11.7. The van der Waals surface area contributed by atoms with Crippen molar-refractivity contribution in [1.29, 1.82) is 0 Å². The highest BCUT2D eigenvalue weighted by atomic mass is 32.2. The molecule has 0 saturated carbocycles. The van der Waals surface area contributed by atoms with Gasteiger partial charge >= 0.3 is 0 Å². The molecule has 0 bridgehead atoms. The number of hydrogen-bond donors (Lipinski definition) is 3. The van der Waals surface area contributed by atoms with E-state index in [0.29, 0.717) is 5.69 Å². The van der Waals surface area contributed by atoms with Crippen LogP contribution in [-0.4, -0.2) is 31.0 Å². The van der Waals surface area contributed by atoms with Crippen LogP contribution in [0.15, 0.2) is 68.6 Å². The standard InChI is InChI=1S/C20H20N2O7S2/c1-20(2,3)13-4-6-14(7-5-13)21-22-18-16-9-8-15(30(24,25)26)10-12(16)11-17(19(18)23)31(27,28)29/h4-11,23H,1-3H3,(H,24,25,26)(H,27,28,29). The van der Waals surface area contributed by atoms with Crippen LogP contribution in [0.2, 0.25) is 0 Å². The van der Waals surface area contributed by atoms with Crippen LogP contribution in [0.25, 0.3) is 10.8 Å². The molecule has 0 fully saturated rings. The van der Waals surface area contributed by atoms with Gasteiger partial charge in [0.15, 0.2) is 5.75 Å². The molecule has 31 heavy (non-hydrogen) atoms. The van der Waals surface area contributed by atoms with E-state index < -0.39 is 35.8 Å². The smallest absolute Gasteiger partial charge is 0.298 e. The lowest BCUT2D eigenvalue weighted by Gasteiger charge is -2.18. The number of aromatic hydroxyl groups is 1. The van der Waals surface area contributed by atoms with Crippen molar-refractivity contribution in [2.24, 2.45) is 10.2 Å². The van der Waals surface area contributed by atoms with E-state index in [4.69, 9.17) is 0 Å². The van der Waals surface area contributed by atoms with E-state index in [9.17, 15) is 31.0 Å². The maximum Gasteiger partial charge on any atom is 0.298 e. The highest BCUT2D eigenvalue weighted by Crippen LogP contribution is 2.42. The van der Waals surface area contributed by atoms with E-state index in [1.807, 2.05) is 12.1 Å². The summed E-state index contributed by atoms with van der Waals surface area (Å²) < 4.78 is 64.9. The van der Waals surface area contributed by atoms with Gasteiger partial charge < -0.3 is 5.11 Å². The SMILES string of the molecule is CC(C)(C)c1ccc(N=Nc2c(O)c(S(=O)(=O)O)cc3cc(S(=O)(=O)O)ccc23)cc1. The highest BCUT2D eigenvalue weighted by Gasteiger charge is 2.23. The van der Waals surface area contributed by atoms with Crippen molar-refractivity contribution in [3.05, 3.63) is 54.1 Å². The van der Waals surface area contributed by atoms with Gasteiger partial charge in [-0.05, 0) is 46.7 Å². The number of rotatable bonds is 4. The van der Waals surface area contributed by atoms with Crippen LogP contribution in [0.4, 0.5) is 11.4 Å². The minimum absolute atomic E-state index is 0.00224. The lowest BCUT2D eigenvalue weighted by molar-refractivity contribution is 0.445. The topological polar surface area (TPSA) is 154 Å². The highest BCUT2D eigenvalue weighted by molar-refractivity contribution is 7.86. The van der Waals surface area contributed by atoms with E-state index in [0.717, 1.165) is 23.8 Å². The first kappa shape index (κ1) is 22.8. The summed E-state index contributed by atoms with van der Waals surface area (Å²) in [7, 11) is -9.43. The molecule has 0 saturated heterocycles. The molecule has 0 aliphatic carbocycles. The fraction of sp³-hybridized carbons (Fsp3) is 0.200. The third-order valence-corrected chi connectivity index (χ3v) is 6.31.